The van der Waals surface area contributed by atoms with Gasteiger partial charge in [-0.25, -0.2) is 0 Å². The van der Waals surface area contributed by atoms with Gasteiger partial charge in [-0.2, -0.15) is 0 Å². The average molecular weight is 253 g/mol. The van der Waals surface area contributed by atoms with E-state index in [-0.39, 0.29) is 34.9 Å². The fraction of sp³-hybridized carbons (Fsp3) is 0.933. The van der Waals surface area contributed by atoms with Gasteiger partial charge >= 0.3 is 5.97 Å². The Bertz CT molecular complexity index is 350. The number of nitrogens with two attached hydrogens (primary N) is 1. The zero-order valence-electron chi connectivity index (χ0n) is 12.3. The number of fused-ring (bicyclic) bond motifs is 2. The number of carbonyl (C=O) groups is 1. The zero-order chi connectivity index (χ0) is 13.7. The number of hydrogen-bond acceptors (Lipinski definition) is 3. The Kier molecular flexibility index (Phi) is 3.25. The van der Waals surface area contributed by atoms with Crippen LogP contribution >= 0.6 is 0 Å². The summed E-state index contributed by atoms with van der Waals surface area (Å²) in [6.07, 6.45) is 3.57. The molecular weight excluding hydrogens is 226 g/mol. The molecule has 0 aromatic carbocycles. The Morgan fingerprint density at radius 1 is 1.33 bits per heavy atom. The summed E-state index contributed by atoms with van der Waals surface area (Å²) in [5.74, 6) is 0.362. The highest BCUT2D eigenvalue weighted by atomic mass is 16.5. The molecule has 104 valence electrons. The van der Waals surface area contributed by atoms with Gasteiger partial charge in [0.05, 0.1) is 5.92 Å². The van der Waals surface area contributed by atoms with E-state index >= 15 is 0 Å². The standard InChI is InChI=1S/C15H27NO2/c1-9(10(2)16)13(17)18-12-8-11-6-7-15(12,5)14(11,3)4/h9-12H,6-8,16H2,1-5H3. The molecular formula is C15H27NO2. The molecule has 2 bridgehead atoms. The lowest BCUT2D eigenvalue weighted by atomic mass is 9.70. The summed E-state index contributed by atoms with van der Waals surface area (Å²) in [5.41, 5.74) is 6.20. The summed E-state index contributed by atoms with van der Waals surface area (Å²) < 4.78 is 5.79. The van der Waals surface area contributed by atoms with Crippen molar-refractivity contribution in [2.24, 2.45) is 28.4 Å². The van der Waals surface area contributed by atoms with Crippen molar-refractivity contribution < 1.29 is 9.53 Å². The van der Waals surface area contributed by atoms with Gasteiger partial charge in [0.25, 0.3) is 0 Å². The summed E-state index contributed by atoms with van der Waals surface area (Å²) in [7, 11) is 0. The molecule has 2 aliphatic rings. The van der Waals surface area contributed by atoms with Crippen molar-refractivity contribution in [2.75, 3.05) is 0 Å². The molecule has 0 spiro atoms. The predicted octanol–water partition coefficient (Wildman–Crippen LogP) is 2.73. The molecule has 0 aromatic rings. The summed E-state index contributed by atoms with van der Waals surface area (Å²) in [5, 5.41) is 0. The van der Waals surface area contributed by atoms with Crippen LogP contribution in [0.5, 0.6) is 0 Å². The van der Waals surface area contributed by atoms with E-state index in [1.165, 1.54) is 12.8 Å². The monoisotopic (exact) mass is 253 g/mol. The van der Waals surface area contributed by atoms with Crippen molar-refractivity contribution in [3.05, 3.63) is 0 Å². The SMILES string of the molecule is CC(N)C(C)C(=O)OC1CC2CCC1(C)C2(C)C. The van der Waals surface area contributed by atoms with Crippen molar-refractivity contribution in [2.45, 2.75) is 66.0 Å². The summed E-state index contributed by atoms with van der Waals surface area (Å²) >= 11 is 0. The van der Waals surface area contributed by atoms with Crippen LogP contribution < -0.4 is 5.73 Å². The Morgan fingerprint density at radius 3 is 2.33 bits per heavy atom. The summed E-state index contributed by atoms with van der Waals surface area (Å²) in [6.45, 7) is 10.7. The smallest absolute Gasteiger partial charge is 0.310 e. The maximum atomic E-state index is 12.1. The molecule has 2 fully saturated rings. The fourth-order valence-electron chi connectivity index (χ4n) is 3.77. The lowest BCUT2D eigenvalue weighted by Gasteiger charge is -2.38. The van der Waals surface area contributed by atoms with Crippen LogP contribution in [0.2, 0.25) is 0 Å². The fourth-order valence-corrected chi connectivity index (χ4v) is 3.77. The maximum Gasteiger partial charge on any atom is 0.310 e. The van der Waals surface area contributed by atoms with Crippen LogP contribution in [-0.2, 0) is 9.53 Å². The number of carbonyl (C=O) groups excluding carboxylic acids is 1. The minimum atomic E-state index is -0.212. The predicted molar refractivity (Wildman–Crippen MR) is 71.9 cm³/mol. The lowest BCUT2D eigenvalue weighted by Crippen LogP contribution is -2.41. The van der Waals surface area contributed by atoms with Gasteiger partial charge in [-0.1, -0.05) is 27.7 Å². The molecule has 2 N–H and O–H groups in total. The number of esters is 1. The van der Waals surface area contributed by atoms with E-state index < -0.39 is 0 Å². The first kappa shape index (κ1) is 13.9. The molecule has 0 amide bonds. The number of hydrogen-bond donors (Lipinski definition) is 1. The van der Waals surface area contributed by atoms with Gasteiger partial charge in [0.1, 0.15) is 6.10 Å². The third-order valence-corrected chi connectivity index (χ3v) is 6.13. The third-order valence-electron chi connectivity index (χ3n) is 6.13. The van der Waals surface area contributed by atoms with Crippen molar-refractivity contribution in [3.63, 3.8) is 0 Å². The topological polar surface area (TPSA) is 52.3 Å². The number of ether oxygens (including phenoxy) is 1. The molecule has 0 aliphatic heterocycles. The second-order valence-corrected chi connectivity index (χ2v) is 7.18. The molecule has 2 aliphatic carbocycles. The first-order chi connectivity index (χ1) is 8.20. The van der Waals surface area contributed by atoms with E-state index in [1.54, 1.807) is 0 Å². The molecule has 3 nitrogen and oxygen atoms in total. The highest BCUT2D eigenvalue weighted by molar-refractivity contribution is 5.73. The van der Waals surface area contributed by atoms with E-state index in [4.69, 9.17) is 10.5 Å². The van der Waals surface area contributed by atoms with Crippen molar-refractivity contribution >= 4 is 5.97 Å². The molecule has 5 unspecified atom stereocenters. The number of rotatable bonds is 3. The largest absolute Gasteiger partial charge is 0.462 e. The van der Waals surface area contributed by atoms with Gasteiger partial charge in [0, 0.05) is 11.5 Å². The van der Waals surface area contributed by atoms with Crippen LogP contribution in [-0.4, -0.2) is 18.1 Å². The van der Waals surface area contributed by atoms with Crippen LogP contribution in [0.25, 0.3) is 0 Å². The minimum Gasteiger partial charge on any atom is -0.462 e. The van der Waals surface area contributed by atoms with Gasteiger partial charge in [0.2, 0.25) is 0 Å². The minimum absolute atomic E-state index is 0.0833. The molecule has 2 saturated carbocycles. The molecule has 3 heteroatoms. The van der Waals surface area contributed by atoms with Gasteiger partial charge < -0.3 is 10.5 Å². The van der Waals surface area contributed by atoms with Gasteiger partial charge in [-0.3, -0.25) is 4.79 Å². The van der Waals surface area contributed by atoms with Gasteiger partial charge in [-0.15, -0.1) is 0 Å². The molecule has 0 radical (unpaired) electrons. The van der Waals surface area contributed by atoms with E-state index in [2.05, 4.69) is 20.8 Å². The second kappa shape index (κ2) is 4.22. The summed E-state index contributed by atoms with van der Waals surface area (Å²) in [6, 6.07) is -0.142. The van der Waals surface area contributed by atoms with E-state index in [0.29, 0.717) is 5.92 Å². The Balaban J connectivity index is 2.07. The molecule has 18 heavy (non-hydrogen) atoms. The van der Waals surface area contributed by atoms with Crippen LogP contribution in [0.4, 0.5) is 0 Å². The summed E-state index contributed by atoms with van der Waals surface area (Å²) in [4.78, 5) is 12.1. The van der Waals surface area contributed by atoms with Crippen molar-refractivity contribution in [1.29, 1.82) is 0 Å². The van der Waals surface area contributed by atoms with Crippen LogP contribution in [0.15, 0.2) is 0 Å². The quantitative estimate of drug-likeness (QED) is 0.787. The third kappa shape index (κ3) is 1.78. The van der Waals surface area contributed by atoms with E-state index in [0.717, 1.165) is 6.42 Å². The maximum absolute atomic E-state index is 12.1. The van der Waals surface area contributed by atoms with E-state index in [1.807, 2.05) is 13.8 Å². The van der Waals surface area contributed by atoms with Gasteiger partial charge in [-0.05, 0) is 37.5 Å². The van der Waals surface area contributed by atoms with Crippen molar-refractivity contribution in [1.82, 2.24) is 0 Å². The van der Waals surface area contributed by atoms with Gasteiger partial charge in [0.15, 0.2) is 0 Å². The molecule has 2 rings (SSSR count). The highest BCUT2D eigenvalue weighted by Crippen LogP contribution is 2.66. The lowest BCUT2D eigenvalue weighted by molar-refractivity contribution is -0.161. The first-order valence-corrected chi connectivity index (χ1v) is 7.16. The molecule has 0 saturated heterocycles. The van der Waals surface area contributed by atoms with Crippen molar-refractivity contribution in [3.8, 4) is 0 Å². The Morgan fingerprint density at radius 2 is 1.94 bits per heavy atom. The van der Waals surface area contributed by atoms with Crippen LogP contribution in [0.1, 0.15) is 53.9 Å². The molecule has 0 heterocycles. The molecule has 5 atom stereocenters. The van der Waals surface area contributed by atoms with Crippen LogP contribution in [0, 0.1) is 22.7 Å². The zero-order valence-corrected chi connectivity index (χ0v) is 12.3. The van der Waals surface area contributed by atoms with Crippen LogP contribution in [0.3, 0.4) is 0 Å². The van der Waals surface area contributed by atoms with E-state index in [9.17, 15) is 4.79 Å². The first-order valence-electron chi connectivity index (χ1n) is 7.16. The molecule has 0 aromatic heterocycles. The highest BCUT2D eigenvalue weighted by Gasteiger charge is 2.62. The average Bonchev–Trinajstić information content (AvgIpc) is 2.60. The normalized spacial score (nSPS) is 40.6. The Hall–Kier alpha value is -0.570. The second-order valence-electron chi connectivity index (χ2n) is 7.18. The Labute approximate surface area is 110 Å².